The van der Waals surface area contributed by atoms with Gasteiger partial charge in [0.15, 0.2) is 5.82 Å². The lowest BCUT2D eigenvalue weighted by Gasteiger charge is -2.06. The number of rotatable bonds is 2. The van der Waals surface area contributed by atoms with E-state index < -0.39 is 0 Å². The first-order valence-electron chi connectivity index (χ1n) is 7.59. The fourth-order valence-electron chi connectivity index (χ4n) is 2.60. The van der Waals surface area contributed by atoms with Crippen molar-refractivity contribution in [3.63, 3.8) is 0 Å². The molecule has 0 fully saturated rings. The van der Waals surface area contributed by atoms with Crippen molar-refractivity contribution in [1.29, 1.82) is 0 Å². The zero-order chi connectivity index (χ0) is 16.7. The van der Waals surface area contributed by atoms with Crippen LogP contribution in [0.1, 0.15) is 11.1 Å². The van der Waals surface area contributed by atoms with E-state index in [9.17, 15) is 4.79 Å². The zero-order valence-corrected chi connectivity index (χ0v) is 13.3. The van der Waals surface area contributed by atoms with Gasteiger partial charge >= 0.3 is 0 Å². The molecule has 3 aromatic heterocycles. The second kappa shape index (κ2) is 5.42. The molecule has 0 aliphatic rings. The highest BCUT2D eigenvalue weighted by atomic mass is 16.1. The molecule has 24 heavy (non-hydrogen) atoms. The Morgan fingerprint density at radius 2 is 1.96 bits per heavy atom. The summed E-state index contributed by atoms with van der Waals surface area (Å²) in [5, 5.41) is 4.74. The number of aryl methyl sites for hydroxylation is 2. The maximum absolute atomic E-state index is 12.4. The van der Waals surface area contributed by atoms with Gasteiger partial charge in [0.05, 0.1) is 10.9 Å². The van der Waals surface area contributed by atoms with Gasteiger partial charge in [0, 0.05) is 24.2 Å². The molecule has 4 rings (SSSR count). The van der Waals surface area contributed by atoms with Crippen LogP contribution in [0.2, 0.25) is 0 Å². The molecule has 1 N–H and O–H groups in total. The summed E-state index contributed by atoms with van der Waals surface area (Å²) in [5.41, 5.74) is 3.48. The molecule has 0 radical (unpaired) electrons. The van der Waals surface area contributed by atoms with Crippen LogP contribution in [0.15, 0.2) is 53.7 Å². The third-order valence-electron chi connectivity index (χ3n) is 4.08. The van der Waals surface area contributed by atoms with Crippen LogP contribution >= 0.6 is 0 Å². The molecule has 118 valence electrons. The highest BCUT2D eigenvalue weighted by molar-refractivity contribution is 5.81. The van der Waals surface area contributed by atoms with Crippen molar-refractivity contribution < 1.29 is 0 Å². The molecule has 0 saturated carbocycles. The summed E-state index contributed by atoms with van der Waals surface area (Å²) >= 11 is 0. The van der Waals surface area contributed by atoms with Crippen LogP contribution in [-0.4, -0.2) is 24.7 Å². The predicted octanol–water partition coefficient (Wildman–Crippen LogP) is 2.79. The Morgan fingerprint density at radius 3 is 2.67 bits per heavy atom. The lowest BCUT2D eigenvalue weighted by atomic mass is 10.1. The number of nitrogens with one attached hydrogen (secondary N) is 1. The minimum Gasteiger partial charge on any atom is -0.306 e. The first kappa shape index (κ1) is 14.3. The van der Waals surface area contributed by atoms with E-state index in [2.05, 4.69) is 20.1 Å². The summed E-state index contributed by atoms with van der Waals surface area (Å²) < 4.78 is 1.67. The summed E-state index contributed by atoms with van der Waals surface area (Å²) in [7, 11) is 0. The first-order valence-corrected chi connectivity index (χ1v) is 7.59. The Kier molecular flexibility index (Phi) is 3.23. The Morgan fingerprint density at radius 1 is 1.12 bits per heavy atom. The van der Waals surface area contributed by atoms with Crippen molar-refractivity contribution in [2.24, 2.45) is 0 Å². The maximum atomic E-state index is 12.4. The third kappa shape index (κ3) is 2.38. The summed E-state index contributed by atoms with van der Waals surface area (Å²) in [6.45, 7) is 4.00. The van der Waals surface area contributed by atoms with Crippen LogP contribution < -0.4 is 5.56 Å². The molecular weight excluding hydrogens is 302 g/mol. The Balaban J connectivity index is 1.81. The van der Waals surface area contributed by atoms with Gasteiger partial charge < -0.3 is 4.98 Å². The van der Waals surface area contributed by atoms with Gasteiger partial charge in [-0.2, -0.15) is 5.10 Å². The van der Waals surface area contributed by atoms with Crippen LogP contribution in [0.25, 0.3) is 28.1 Å². The second-order valence-corrected chi connectivity index (χ2v) is 5.72. The van der Waals surface area contributed by atoms with Crippen LogP contribution in [0, 0.1) is 13.8 Å². The molecule has 3 heterocycles. The average Bonchev–Trinajstić information content (AvgIpc) is 3.11. The molecule has 6 heteroatoms. The van der Waals surface area contributed by atoms with E-state index in [1.165, 1.54) is 0 Å². The third-order valence-corrected chi connectivity index (χ3v) is 4.08. The standard InChI is InChI=1S/C18H15N5O/c1-11-8-14-15(9-12(11)2)21-17(22-18(14)24)13-4-5-16(19-10-13)23-7-3-6-20-23/h3-10H,1-2H3,(H,21,22,24). The van der Waals surface area contributed by atoms with Crippen LogP contribution in [0.3, 0.4) is 0 Å². The highest BCUT2D eigenvalue weighted by Crippen LogP contribution is 2.19. The van der Waals surface area contributed by atoms with Crippen molar-refractivity contribution in [2.75, 3.05) is 0 Å². The topological polar surface area (TPSA) is 76.5 Å². The molecule has 0 atom stereocenters. The molecule has 0 amide bonds. The number of hydrogen-bond acceptors (Lipinski definition) is 4. The van der Waals surface area contributed by atoms with E-state index >= 15 is 0 Å². The van der Waals surface area contributed by atoms with Gasteiger partial charge in [0.2, 0.25) is 0 Å². The monoisotopic (exact) mass is 317 g/mol. The van der Waals surface area contributed by atoms with E-state index in [-0.39, 0.29) is 5.56 Å². The van der Waals surface area contributed by atoms with E-state index in [0.717, 1.165) is 16.7 Å². The van der Waals surface area contributed by atoms with Gasteiger partial charge in [0.1, 0.15) is 5.82 Å². The molecule has 6 nitrogen and oxygen atoms in total. The molecule has 0 aliphatic carbocycles. The smallest absolute Gasteiger partial charge is 0.259 e. The molecule has 0 bridgehead atoms. The number of nitrogens with zero attached hydrogens (tertiary/aromatic N) is 4. The van der Waals surface area contributed by atoms with Crippen LogP contribution in [0.4, 0.5) is 0 Å². The summed E-state index contributed by atoms with van der Waals surface area (Å²) in [5.74, 6) is 1.22. The second-order valence-electron chi connectivity index (χ2n) is 5.72. The van der Waals surface area contributed by atoms with Gasteiger partial charge in [-0.1, -0.05) is 0 Å². The number of pyridine rings is 1. The molecule has 4 aromatic rings. The lowest BCUT2D eigenvalue weighted by Crippen LogP contribution is -2.10. The minimum atomic E-state index is -0.144. The van der Waals surface area contributed by atoms with Crippen molar-refractivity contribution in [3.8, 4) is 17.2 Å². The van der Waals surface area contributed by atoms with Gasteiger partial charge in [0.25, 0.3) is 5.56 Å². The quantitative estimate of drug-likeness (QED) is 0.617. The Labute approximate surface area is 137 Å². The summed E-state index contributed by atoms with van der Waals surface area (Å²) in [6, 6.07) is 9.36. The number of aromatic nitrogens is 5. The van der Waals surface area contributed by atoms with Crippen LogP contribution in [0.5, 0.6) is 0 Å². The van der Waals surface area contributed by atoms with E-state index in [1.807, 2.05) is 50.4 Å². The first-order chi connectivity index (χ1) is 11.6. The summed E-state index contributed by atoms with van der Waals surface area (Å²) in [6.07, 6.45) is 5.20. The molecule has 0 unspecified atom stereocenters. The average molecular weight is 317 g/mol. The number of aromatic amines is 1. The lowest BCUT2D eigenvalue weighted by molar-refractivity contribution is 0.847. The normalized spacial score (nSPS) is 11.1. The molecule has 0 aliphatic heterocycles. The Hall–Kier alpha value is -3.28. The predicted molar refractivity (Wildman–Crippen MR) is 92.2 cm³/mol. The number of benzene rings is 1. The number of fused-ring (bicyclic) bond motifs is 1. The van der Waals surface area contributed by atoms with Crippen molar-refractivity contribution in [2.45, 2.75) is 13.8 Å². The number of H-pyrrole nitrogens is 1. The van der Waals surface area contributed by atoms with E-state index in [4.69, 9.17) is 0 Å². The molecular formula is C18H15N5O. The van der Waals surface area contributed by atoms with Gasteiger partial charge in [-0.05, 0) is 55.3 Å². The number of hydrogen-bond donors (Lipinski definition) is 1. The highest BCUT2D eigenvalue weighted by Gasteiger charge is 2.08. The van der Waals surface area contributed by atoms with E-state index in [0.29, 0.717) is 22.5 Å². The van der Waals surface area contributed by atoms with Crippen molar-refractivity contribution >= 4 is 10.9 Å². The van der Waals surface area contributed by atoms with Gasteiger partial charge in [-0.25, -0.2) is 14.6 Å². The molecule has 0 spiro atoms. The van der Waals surface area contributed by atoms with E-state index in [1.54, 1.807) is 17.1 Å². The summed E-state index contributed by atoms with van der Waals surface area (Å²) in [4.78, 5) is 24.2. The molecule has 0 saturated heterocycles. The van der Waals surface area contributed by atoms with Gasteiger partial charge in [-0.3, -0.25) is 4.79 Å². The molecule has 1 aromatic carbocycles. The zero-order valence-electron chi connectivity index (χ0n) is 13.3. The largest absolute Gasteiger partial charge is 0.306 e. The Bertz CT molecular complexity index is 1080. The minimum absolute atomic E-state index is 0.144. The SMILES string of the molecule is Cc1cc2nc(-c3ccc(-n4cccn4)nc3)[nH]c(=O)c2cc1C. The fraction of sp³-hybridized carbons (Fsp3) is 0.111. The van der Waals surface area contributed by atoms with Crippen molar-refractivity contribution in [1.82, 2.24) is 24.7 Å². The van der Waals surface area contributed by atoms with Gasteiger partial charge in [-0.15, -0.1) is 0 Å². The fourth-order valence-corrected chi connectivity index (χ4v) is 2.60. The maximum Gasteiger partial charge on any atom is 0.259 e. The van der Waals surface area contributed by atoms with Crippen molar-refractivity contribution in [3.05, 3.63) is 70.4 Å². The van der Waals surface area contributed by atoms with Crippen LogP contribution in [-0.2, 0) is 0 Å².